The third-order valence-electron chi connectivity index (χ3n) is 2.13. The number of aliphatic hydroxyl groups is 2. The summed E-state index contributed by atoms with van der Waals surface area (Å²) < 4.78 is 71.3. The highest BCUT2D eigenvalue weighted by molar-refractivity contribution is 7.87. The lowest BCUT2D eigenvalue weighted by Crippen LogP contribution is -2.36. The minimum atomic E-state index is -5.67. The summed E-state index contributed by atoms with van der Waals surface area (Å²) >= 11 is 0. The maximum absolute atomic E-state index is 12.1. The van der Waals surface area contributed by atoms with Crippen LogP contribution in [-0.4, -0.2) is 61.3 Å². The Morgan fingerprint density at radius 3 is 2.17 bits per heavy atom. The van der Waals surface area contributed by atoms with E-state index in [-0.39, 0.29) is 19.6 Å². The molecule has 1 saturated heterocycles. The number of esters is 1. The maximum atomic E-state index is 12.1. The molecule has 1 aliphatic heterocycles. The first kappa shape index (κ1) is 22.1. The number of ether oxygens (including phenoxy) is 2. The van der Waals surface area contributed by atoms with E-state index in [1.54, 1.807) is 0 Å². The number of hydrogen-bond donors (Lipinski definition) is 2. The fourth-order valence-corrected chi connectivity index (χ4v) is 1.97. The highest BCUT2D eigenvalue weighted by atomic mass is 32.2. The van der Waals surface area contributed by atoms with Gasteiger partial charge in [-0.15, -0.1) is 0 Å². The number of carbonyl (C=O) groups excluding carboxylic acids is 1. The highest BCUT2D eigenvalue weighted by Gasteiger charge is 2.50. The molecule has 0 aromatic rings. The van der Waals surface area contributed by atoms with E-state index in [2.05, 4.69) is 8.92 Å². The minimum absolute atomic E-state index is 0.0265. The second kappa shape index (κ2) is 8.24. The molecule has 12 heteroatoms. The first-order valence-corrected chi connectivity index (χ1v) is 7.73. The quantitative estimate of drug-likeness (QED) is 0.314. The molecule has 23 heavy (non-hydrogen) atoms. The van der Waals surface area contributed by atoms with Gasteiger partial charge >= 0.3 is 21.6 Å². The van der Waals surface area contributed by atoms with Crippen molar-refractivity contribution in [3.05, 3.63) is 0 Å². The molecule has 0 aromatic carbocycles. The van der Waals surface area contributed by atoms with Gasteiger partial charge in [0.2, 0.25) is 0 Å². The average Bonchev–Trinajstić information content (AvgIpc) is 2.69. The molecule has 0 radical (unpaired) electrons. The molecule has 1 fully saturated rings. The molecule has 1 rings (SSSR count). The summed E-state index contributed by atoms with van der Waals surface area (Å²) in [5.41, 5.74) is -5.48. The zero-order valence-electron chi connectivity index (χ0n) is 12.7. The van der Waals surface area contributed by atoms with Crippen LogP contribution in [0.5, 0.6) is 0 Å². The van der Waals surface area contributed by atoms with Crippen molar-refractivity contribution in [1.29, 1.82) is 0 Å². The van der Waals surface area contributed by atoms with Crippen molar-refractivity contribution in [2.24, 2.45) is 0 Å². The fourth-order valence-electron chi connectivity index (χ4n) is 1.31. The van der Waals surface area contributed by atoms with E-state index in [9.17, 15) is 26.4 Å². The van der Waals surface area contributed by atoms with Gasteiger partial charge in [-0.1, -0.05) is 0 Å². The van der Waals surface area contributed by atoms with Crippen molar-refractivity contribution in [3.8, 4) is 0 Å². The van der Waals surface area contributed by atoms with Gasteiger partial charge in [-0.25, -0.2) is 0 Å². The summed E-state index contributed by atoms with van der Waals surface area (Å²) in [7, 11) is -5.67. The third kappa shape index (κ3) is 9.71. The Morgan fingerprint density at radius 2 is 1.78 bits per heavy atom. The number of hydrogen-bond acceptors (Lipinski definition) is 8. The smallest absolute Gasteiger partial charge is 0.463 e. The van der Waals surface area contributed by atoms with E-state index in [0.29, 0.717) is 0 Å². The Balaban J connectivity index is 0.000000841. The van der Waals surface area contributed by atoms with Gasteiger partial charge in [-0.05, 0) is 13.8 Å². The Labute approximate surface area is 131 Å². The van der Waals surface area contributed by atoms with Crippen LogP contribution >= 0.6 is 0 Å². The molecular formula is C11H19F3O8S. The first-order valence-electron chi connectivity index (χ1n) is 6.33. The van der Waals surface area contributed by atoms with Crippen LogP contribution in [-0.2, 0) is 28.6 Å². The second-order valence-corrected chi connectivity index (χ2v) is 6.59. The van der Waals surface area contributed by atoms with Gasteiger partial charge in [0, 0.05) is 20.0 Å². The molecule has 0 aliphatic carbocycles. The number of rotatable bonds is 4. The van der Waals surface area contributed by atoms with Gasteiger partial charge in [-0.2, -0.15) is 21.6 Å². The van der Waals surface area contributed by atoms with Crippen LogP contribution in [0.15, 0.2) is 0 Å². The van der Waals surface area contributed by atoms with Gasteiger partial charge < -0.3 is 19.7 Å². The van der Waals surface area contributed by atoms with Gasteiger partial charge in [-0.3, -0.25) is 8.98 Å². The molecule has 1 unspecified atom stereocenters. The number of halogens is 3. The minimum Gasteiger partial charge on any atom is -0.463 e. The predicted octanol–water partition coefficient (Wildman–Crippen LogP) is 0.280. The van der Waals surface area contributed by atoms with Crippen LogP contribution in [0, 0.1) is 0 Å². The Hall–Kier alpha value is -0.950. The lowest BCUT2D eigenvalue weighted by atomic mass is 10.2. The van der Waals surface area contributed by atoms with Crippen LogP contribution in [0.2, 0.25) is 0 Å². The topological polar surface area (TPSA) is 119 Å². The summed E-state index contributed by atoms with van der Waals surface area (Å²) in [4.78, 5) is 10.5. The molecule has 1 aliphatic rings. The largest absolute Gasteiger partial charge is 0.523 e. The molecule has 0 spiro atoms. The third-order valence-corrected chi connectivity index (χ3v) is 3.20. The van der Waals surface area contributed by atoms with E-state index < -0.39 is 39.6 Å². The molecule has 138 valence electrons. The fraction of sp³-hybridized carbons (Fsp3) is 0.909. The lowest BCUT2D eigenvalue weighted by Gasteiger charge is -2.18. The van der Waals surface area contributed by atoms with E-state index in [1.165, 1.54) is 13.8 Å². The molecule has 2 N–H and O–H groups in total. The number of alkyl halides is 3. The average molecular weight is 368 g/mol. The van der Waals surface area contributed by atoms with Crippen molar-refractivity contribution in [3.63, 3.8) is 0 Å². The Morgan fingerprint density at radius 1 is 1.30 bits per heavy atom. The highest BCUT2D eigenvalue weighted by Crippen LogP contribution is 2.29. The van der Waals surface area contributed by atoms with Gasteiger partial charge in [0.1, 0.15) is 18.8 Å². The van der Waals surface area contributed by atoms with Crippen LogP contribution in [0.4, 0.5) is 13.2 Å². The van der Waals surface area contributed by atoms with Crippen molar-refractivity contribution < 1.29 is 50.3 Å². The Kier molecular flexibility index (Phi) is 7.90. The van der Waals surface area contributed by atoms with E-state index >= 15 is 0 Å². The van der Waals surface area contributed by atoms with E-state index in [1.807, 2.05) is 0 Å². The van der Waals surface area contributed by atoms with E-state index in [0.717, 1.165) is 6.92 Å². The Bertz CT molecular complexity index is 476. The summed E-state index contributed by atoms with van der Waals surface area (Å²) in [6.07, 6.45) is -2.36. The second-order valence-electron chi connectivity index (χ2n) is 5.03. The zero-order valence-corrected chi connectivity index (χ0v) is 13.5. The van der Waals surface area contributed by atoms with Crippen LogP contribution in [0.1, 0.15) is 27.2 Å². The molecule has 0 saturated carbocycles. The molecule has 8 nitrogen and oxygen atoms in total. The van der Waals surface area contributed by atoms with Gasteiger partial charge in [0.05, 0.1) is 0 Å². The summed E-state index contributed by atoms with van der Waals surface area (Å²) in [6, 6.07) is 0. The van der Waals surface area contributed by atoms with Crippen LogP contribution < -0.4 is 0 Å². The van der Waals surface area contributed by atoms with Crippen molar-refractivity contribution in [2.45, 2.75) is 50.7 Å². The van der Waals surface area contributed by atoms with Gasteiger partial charge in [0.15, 0.2) is 5.79 Å². The predicted molar refractivity (Wildman–Crippen MR) is 69.4 cm³/mol. The summed E-state index contributed by atoms with van der Waals surface area (Å²) in [5.74, 6) is -2.15. The maximum Gasteiger partial charge on any atom is 0.523 e. The first-order chi connectivity index (χ1) is 10.1. The van der Waals surface area contributed by atoms with Crippen molar-refractivity contribution in [1.82, 2.24) is 0 Å². The molecule has 2 atom stereocenters. The van der Waals surface area contributed by atoms with Gasteiger partial charge in [0.25, 0.3) is 0 Å². The SMILES string of the molecule is CC(=O)OC[C@H]1OCCC1OS(=O)(=O)C(F)(F)F.CC(C)(O)O. The molecule has 0 amide bonds. The molecule has 1 heterocycles. The summed E-state index contributed by atoms with van der Waals surface area (Å²) in [5, 5.41) is 16.2. The number of carbonyl (C=O) groups is 1. The zero-order chi connectivity index (χ0) is 18.5. The summed E-state index contributed by atoms with van der Waals surface area (Å²) in [6.45, 7) is 3.38. The molecular weight excluding hydrogens is 349 g/mol. The van der Waals surface area contributed by atoms with E-state index in [4.69, 9.17) is 14.9 Å². The monoisotopic (exact) mass is 368 g/mol. The standard InChI is InChI=1S/C8H11F3O6S.C3H8O2/c1-5(12)16-4-7-6(2-3-15-7)17-18(13,14)8(9,10)11;1-3(2,4)5/h6-7H,2-4H2,1H3;4-5H,1-2H3/t6?,7-;/m1./s1. The molecule has 0 aromatic heterocycles. The van der Waals surface area contributed by atoms with Crippen molar-refractivity contribution >= 4 is 16.1 Å². The normalized spacial score (nSPS) is 22.3. The van der Waals surface area contributed by atoms with Crippen LogP contribution in [0.25, 0.3) is 0 Å². The molecule has 0 bridgehead atoms. The lowest BCUT2D eigenvalue weighted by molar-refractivity contribution is -0.145. The van der Waals surface area contributed by atoms with Crippen LogP contribution in [0.3, 0.4) is 0 Å². The van der Waals surface area contributed by atoms with Crippen molar-refractivity contribution in [2.75, 3.05) is 13.2 Å².